The maximum Gasteiger partial charge on any atom is 0.151 e. The SMILES string of the molecule is CCN(CCC#N)c1ncccc1N. The topological polar surface area (TPSA) is 65.9 Å². The number of nitrogen functional groups attached to an aromatic ring is 1. The van der Waals surface area contributed by atoms with E-state index < -0.39 is 0 Å². The highest BCUT2D eigenvalue weighted by molar-refractivity contribution is 5.62. The van der Waals surface area contributed by atoms with Crippen LogP contribution in [-0.4, -0.2) is 18.1 Å². The minimum Gasteiger partial charge on any atom is -0.396 e. The van der Waals surface area contributed by atoms with Crippen LogP contribution in [0.4, 0.5) is 11.5 Å². The lowest BCUT2D eigenvalue weighted by molar-refractivity contribution is 0.812. The number of nitrogens with two attached hydrogens (primary N) is 1. The minimum absolute atomic E-state index is 0.490. The second-order valence-electron chi connectivity index (χ2n) is 2.90. The van der Waals surface area contributed by atoms with Crippen molar-refractivity contribution in [3.63, 3.8) is 0 Å². The largest absolute Gasteiger partial charge is 0.396 e. The minimum atomic E-state index is 0.490. The zero-order valence-electron chi connectivity index (χ0n) is 8.27. The molecule has 0 aliphatic heterocycles. The van der Waals surface area contributed by atoms with E-state index in [0.717, 1.165) is 12.4 Å². The van der Waals surface area contributed by atoms with Gasteiger partial charge in [-0.15, -0.1) is 0 Å². The number of nitriles is 1. The van der Waals surface area contributed by atoms with Crippen molar-refractivity contribution in [3.8, 4) is 6.07 Å². The van der Waals surface area contributed by atoms with Gasteiger partial charge in [-0.1, -0.05) is 0 Å². The van der Waals surface area contributed by atoms with E-state index >= 15 is 0 Å². The molecule has 1 rings (SSSR count). The quantitative estimate of drug-likeness (QED) is 0.779. The zero-order valence-corrected chi connectivity index (χ0v) is 8.27. The summed E-state index contributed by atoms with van der Waals surface area (Å²) in [7, 11) is 0. The van der Waals surface area contributed by atoms with Crippen LogP contribution in [0.15, 0.2) is 18.3 Å². The molecule has 0 spiro atoms. The van der Waals surface area contributed by atoms with Crippen LogP contribution in [0.25, 0.3) is 0 Å². The van der Waals surface area contributed by atoms with E-state index in [4.69, 9.17) is 11.0 Å². The number of anilines is 2. The van der Waals surface area contributed by atoms with E-state index in [1.807, 2.05) is 17.9 Å². The number of nitrogens with zero attached hydrogens (tertiary/aromatic N) is 3. The summed E-state index contributed by atoms with van der Waals surface area (Å²) in [5.41, 5.74) is 6.44. The number of rotatable bonds is 4. The maximum absolute atomic E-state index is 8.50. The molecule has 1 heterocycles. The van der Waals surface area contributed by atoms with Gasteiger partial charge in [-0.3, -0.25) is 0 Å². The Morgan fingerprint density at radius 3 is 3.00 bits per heavy atom. The third kappa shape index (κ3) is 2.36. The van der Waals surface area contributed by atoms with Crippen molar-refractivity contribution in [3.05, 3.63) is 18.3 Å². The van der Waals surface area contributed by atoms with Crippen LogP contribution in [0.2, 0.25) is 0 Å². The number of hydrogen-bond donors (Lipinski definition) is 1. The summed E-state index contributed by atoms with van der Waals surface area (Å²) in [5.74, 6) is 0.769. The Hall–Kier alpha value is -1.76. The third-order valence-electron chi connectivity index (χ3n) is 1.99. The molecule has 1 aromatic rings. The maximum atomic E-state index is 8.50. The van der Waals surface area contributed by atoms with Crippen molar-refractivity contribution in [1.82, 2.24) is 4.98 Å². The molecular formula is C10H14N4. The smallest absolute Gasteiger partial charge is 0.151 e. The van der Waals surface area contributed by atoms with Gasteiger partial charge in [0.05, 0.1) is 18.2 Å². The normalized spacial score (nSPS) is 9.43. The molecule has 14 heavy (non-hydrogen) atoms. The van der Waals surface area contributed by atoms with Crippen molar-refractivity contribution in [2.24, 2.45) is 0 Å². The van der Waals surface area contributed by atoms with Crippen LogP contribution in [-0.2, 0) is 0 Å². The Labute approximate surface area is 84.0 Å². The first kappa shape index (κ1) is 10.3. The number of hydrogen-bond acceptors (Lipinski definition) is 4. The average Bonchev–Trinajstić information content (AvgIpc) is 2.21. The molecule has 0 atom stereocenters. The second kappa shape index (κ2) is 5.07. The van der Waals surface area contributed by atoms with Crippen LogP contribution in [0.1, 0.15) is 13.3 Å². The van der Waals surface area contributed by atoms with Crippen LogP contribution in [0.3, 0.4) is 0 Å². The molecule has 0 fully saturated rings. The molecule has 0 aromatic carbocycles. The Bertz CT molecular complexity index is 329. The van der Waals surface area contributed by atoms with Gasteiger partial charge in [0.25, 0.3) is 0 Å². The summed E-state index contributed by atoms with van der Waals surface area (Å²) in [6, 6.07) is 5.73. The fourth-order valence-corrected chi connectivity index (χ4v) is 1.27. The summed E-state index contributed by atoms with van der Waals surface area (Å²) in [6.45, 7) is 3.50. The van der Waals surface area contributed by atoms with Crippen molar-refractivity contribution in [1.29, 1.82) is 5.26 Å². The standard InChI is InChI=1S/C10H14N4/c1-2-14(8-4-6-11)10-9(12)5-3-7-13-10/h3,5,7H,2,4,8,12H2,1H3. The van der Waals surface area contributed by atoms with Crippen molar-refractivity contribution >= 4 is 11.5 Å². The Kier molecular flexibility index (Phi) is 3.74. The highest BCUT2D eigenvalue weighted by atomic mass is 15.2. The molecule has 0 saturated heterocycles. The molecule has 0 aliphatic rings. The Morgan fingerprint density at radius 1 is 1.64 bits per heavy atom. The molecule has 4 heteroatoms. The third-order valence-corrected chi connectivity index (χ3v) is 1.99. The van der Waals surface area contributed by atoms with Gasteiger partial charge in [0.1, 0.15) is 0 Å². The fourth-order valence-electron chi connectivity index (χ4n) is 1.27. The summed E-state index contributed by atoms with van der Waals surface area (Å²) < 4.78 is 0. The highest BCUT2D eigenvalue weighted by Crippen LogP contribution is 2.18. The predicted molar refractivity (Wildman–Crippen MR) is 56.8 cm³/mol. The van der Waals surface area contributed by atoms with Gasteiger partial charge >= 0.3 is 0 Å². The molecule has 0 radical (unpaired) electrons. The first-order chi connectivity index (χ1) is 6.79. The van der Waals surface area contributed by atoms with E-state index in [2.05, 4.69) is 11.1 Å². The molecule has 0 saturated carbocycles. The molecule has 0 aliphatic carbocycles. The van der Waals surface area contributed by atoms with Crippen LogP contribution in [0, 0.1) is 11.3 Å². The fraction of sp³-hybridized carbons (Fsp3) is 0.400. The summed E-state index contributed by atoms with van der Waals surface area (Å²) >= 11 is 0. The van der Waals surface area contributed by atoms with E-state index in [1.54, 1.807) is 12.3 Å². The zero-order chi connectivity index (χ0) is 10.4. The van der Waals surface area contributed by atoms with Crippen LogP contribution >= 0.6 is 0 Å². The van der Waals surface area contributed by atoms with Crippen molar-refractivity contribution < 1.29 is 0 Å². The van der Waals surface area contributed by atoms with Gasteiger partial charge < -0.3 is 10.6 Å². The van der Waals surface area contributed by atoms with Crippen molar-refractivity contribution in [2.45, 2.75) is 13.3 Å². The van der Waals surface area contributed by atoms with Crippen molar-refractivity contribution in [2.75, 3.05) is 23.7 Å². The first-order valence-electron chi connectivity index (χ1n) is 4.62. The van der Waals surface area contributed by atoms with Gasteiger partial charge in [0.15, 0.2) is 5.82 Å². The first-order valence-corrected chi connectivity index (χ1v) is 4.62. The average molecular weight is 190 g/mol. The lowest BCUT2D eigenvalue weighted by Gasteiger charge is -2.21. The Morgan fingerprint density at radius 2 is 2.43 bits per heavy atom. The summed E-state index contributed by atoms with van der Waals surface area (Å²) in [6.07, 6.45) is 2.20. The summed E-state index contributed by atoms with van der Waals surface area (Å²) in [4.78, 5) is 6.19. The van der Waals surface area contributed by atoms with E-state index in [0.29, 0.717) is 18.7 Å². The molecular weight excluding hydrogens is 176 g/mol. The second-order valence-corrected chi connectivity index (χ2v) is 2.90. The van der Waals surface area contributed by atoms with E-state index in [-0.39, 0.29) is 0 Å². The molecule has 0 unspecified atom stereocenters. The predicted octanol–water partition coefficient (Wildman–Crippen LogP) is 1.40. The van der Waals surface area contributed by atoms with Crippen LogP contribution < -0.4 is 10.6 Å². The van der Waals surface area contributed by atoms with Gasteiger partial charge in [-0.05, 0) is 19.1 Å². The lowest BCUT2D eigenvalue weighted by atomic mass is 10.3. The van der Waals surface area contributed by atoms with Gasteiger partial charge in [-0.2, -0.15) is 5.26 Å². The molecule has 2 N–H and O–H groups in total. The van der Waals surface area contributed by atoms with E-state index in [9.17, 15) is 0 Å². The lowest BCUT2D eigenvalue weighted by Crippen LogP contribution is -2.25. The number of pyridine rings is 1. The molecule has 0 bridgehead atoms. The van der Waals surface area contributed by atoms with E-state index in [1.165, 1.54) is 0 Å². The Balaban J connectivity index is 2.79. The monoisotopic (exact) mass is 190 g/mol. The molecule has 0 amide bonds. The number of aromatic nitrogens is 1. The summed E-state index contributed by atoms with van der Waals surface area (Å²) in [5, 5.41) is 8.50. The van der Waals surface area contributed by atoms with Gasteiger partial charge in [-0.25, -0.2) is 4.98 Å². The molecule has 74 valence electrons. The van der Waals surface area contributed by atoms with Gasteiger partial charge in [0.2, 0.25) is 0 Å². The van der Waals surface area contributed by atoms with Gasteiger partial charge in [0, 0.05) is 19.3 Å². The van der Waals surface area contributed by atoms with Crippen LogP contribution in [0.5, 0.6) is 0 Å². The molecule has 4 nitrogen and oxygen atoms in total. The molecule has 1 aromatic heterocycles. The highest BCUT2D eigenvalue weighted by Gasteiger charge is 2.07.